The van der Waals surface area contributed by atoms with Crippen LogP contribution in [0, 0.1) is 40.1 Å². The molecule has 0 aliphatic heterocycles. The zero-order valence-electron chi connectivity index (χ0n) is 17.8. The highest BCUT2D eigenvalue weighted by molar-refractivity contribution is 14.1. The quantitative estimate of drug-likeness (QED) is 0.243. The number of aromatic nitrogens is 1. The van der Waals surface area contributed by atoms with Crippen LogP contribution >= 0.6 is 33.9 Å². The summed E-state index contributed by atoms with van der Waals surface area (Å²) in [6.45, 7) is 3.98. The number of nitrogens with one attached hydrogen (secondary N) is 1. The first-order valence-corrected chi connectivity index (χ1v) is 12.2. The molecule has 4 rings (SSSR count). The molecular formula is C25H21IN4OS. The van der Waals surface area contributed by atoms with Crippen molar-refractivity contribution in [3.05, 3.63) is 72.4 Å². The molecule has 1 aromatic carbocycles. The van der Waals surface area contributed by atoms with Crippen LogP contribution in [0.2, 0.25) is 0 Å². The number of fused-ring (bicyclic) bond motifs is 1. The van der Waals surface area contributed by atoms with Gasteiger partial charge in [0.15, 0.2) is 0 Å². The third-order valence-electron chi connectivity index (χ3n) is 5.71. The molecule has 0 fully saturated rings. The fourth-order valence-electron chi connectivity index (χ4n) is 4.19. The molecule has 0 unspecified atom stereocenters. The molecule has 0 radical (unpaired) electrons. The van der Waals surface area contributed by atoms with Crippen molar-refractivity contribution in [2.45, 2.75) is 39.5 Å². The number of halogens is 1. The van der Waals surface area contributed by atoms with Gasteiger partial charge in [0, 0.05) is 25.5 Å². The largest absolute Gasteiger partial charge is 0.318 e. The zero-order chi connectivity index (χ0) is 22.8. The first-order chi connectivity index (χ1) is 15.4. The third kappa shape index (κ3) is 4.23. The van der Waals surface area contributed by atoms with Crippen LogP contribution in [0.5, 0.6) is 0 Å². The number of hydrogen-bond donors (Lipinski definition) is 1. The third-order valence-corrected chi connectivity index (χ3v) is 7.59. The Labute approximate surface area is 205 Å². The number of benzene rings is 1. The Morgan fingerprint density at radius 1 is 1.22 bits per heavy atom. The van der Waals surface area contributed by atoms with E-state index in [-0.39, 0.29) is 5.57 Å². The van der Waals surface area contributed by atoms with Gasteiger partial charge in [-0.1, -0.05) is 6.07 Å². The highest BCUT2D eigenvalue weighted by atomic mass is 127. The molecular weight excluding hydrogens is 531 g/mol. The normalized spacial score (nSPS) is 13.2. The maximum atomic E-state index is 12.9. The molecule has 0 saturated carbocycles. The summed E-state index contributed by atoms with van der Waals surface area (Å²) >= 11 is 3.74. The van der Waals surface area contributed by atoms with Gasteiger partial charge in [0.25, 0.3) is 5.91 Å². The molecule has 0 spiro atoms. The van der Waals surface area contributed by atoms with Gasteiger partial charge in [-0.05, 0) is 104 Å². The zero-order valence-corrected chi connectivity index (χ0v) is 20.8. The van der Waals surface area contributed by atoms with E-state index in [0.29, 0.717) is 10.6 Å². The number of carbonyl (C=O) groups excluding carboxylic acids is 1. The molecule has 1 N–H and O–H groups in total. The number of aryl methyl sites for hydroxylation is 2. The highest BCUT2D eigenvalue weighted by Gasteiger charge is 2.23. The van der Waals surface area contributed by atoms with E-state index in [0.717, 1.165) is 57.5 Å². The number of amides is 1. The van der Waals surface area contributed by atoms with Gasteiger partial charge >= 0.3 is 0 Å². The van der Waals surface area contributed by atoms with Crippen LogP contribution < -0.4 is 5.32 Å². The second kappa shape index (κ2) is 9.32. The van der Waals surface area contributed by atoms with Gasteiger partial charge in [0.05, 0.1) is 5.56 Å². The number of thiophene rings is 1. The minimum Gasteiger partial charge on any atom is -0.318 e. The molecule has 160 valence electrons. The van der Waals surface area contributed by atoms with Crippen molar-refractivity contribution in [2.24, 2.45) is 0 Å². The van der Waals surface area contributed by atoms with Crippen molar-refractivity contribution in [1.82, 2.24) is 4.57 Å². The Balaban J connectivity index is 1.65. The van der Waals surface area contributed by atoms with Gasteiger partial charge in [-0.3, -0.25) is 4.79 Å². The number of nitriles is 2. The lowest BCUT2D eigenvalue weighted by Crippen LogP contribution is -2.13. The van der Waals surface area contributed by atoms with Crippen LogP contribution in [0.3, 0.4) is 0 Å². The molecule has 32 heavy (non-hydrogen) atoms. The molecule has 1 aliphatic rings. The number of rotatable bonds is 4. The summed E-state index contributed by atoms with van der Waals surface area (Å²) in [5.41, 5.74) is 5.45. The average molecular weight is 552 g/mol. The molecule has 7 heteroatoms. The molecule has 5 nitrogen and oxygen atoms in total. The predicted molar refractivity (Wildman–Crippen MR) is 136 cm³/mol. The van der Waals surface area contributed by atoms with Gasteiger partial charge in [0.1, 0.15) is 22.7 Å². The number of carbonyl (C=O) groups is 1. The maximum absolute atomic E-state index is 12.9. The average Bonchev–Trinajstić information content (AvgIpc) is 3.27. The van der Waals surface area contributed by atoms with Gasteiger partial charge in [-0.2, -0.15) is 10.5 Å². The highest BCUT2D eigenvalue weighted by Crippen LogP contribution is 2.37. The molecule has 0 atom stereocenters. The summed E-state index contributed by atoms with van der Waals surface area (Å²) in [6.07, 6.45) is 5.60. The summed E-state index contributed by atoms with van der Waals surface area (Å²) in [5, 5.41) is 22.7. The monoisotopic (exact) mass is 552 g/mol. The van der Waals surface area contributed by atoms with Gasteiger partial charge in [0.2, 0.25) is 0 Å². The smallest absolute Gasteiger partial charge is 0.266 e. The number of hydrogen-bond acceptors (Lipinski definition) is 4. The van der Waals surface area contributed by atoms with Gasteiger partial charge in [-0.25, -0.2) is 0 Å². The van der Waals surface area contributed by atoms with Crippen LogP contribution in [-0.2, 0) is 17.6 Å². The first kappa shape index (κ1) is 22.3. The number of anilines is 1. The Morgan fingerprint density at radius 3 is 2.72 bits per heavy atom. The lowest BCUT2D eigenvalue weighted by molar-refractivity contribution is -0.112. The van der Waals surface area contributed by atoms with Crippen LogP contribution in [0.4, 0.5) is 5.00 Å². The molecule has 1 aliphatic carbocycles. The van der Waals surface area contributed by atoms with E-state index >= 15 is 0 Å². The molecule has 3 aromatic rings. The Bertz CT molecular complexity index is 1330. The minimum atomic E-state index is -0.485. The SMILES string of the molecule is Cc1cc(/C=C(\C#N)C(=O)Nc2sc3c(c2C#N)CCCC3)c(C)n1-c1cccc(I)c1. The summed E-state index contributed by atoms with van der Waals surface area (Å²) < 4.78 is 3.25. The fraction of sp³-hybridized carbons (Fsp3) is 0.240. The van der Waals surface area contributed by atoms with Crippen molar-refractivity contribution in [2.75, 3.05) is 5.32 Å². The molecule has 0 bridgehead atoms. The lowest BCUT2D eigenvalue weighted by atomic mass is 9.96. The van der Waals surface area contributed by atoms with Crippen LogP contribution in [0.15, 0.2) is 35.9 Å². The van der Waals surface area contributed by atoms with E-state index in [1.807, 2.05) is 44.2 Å². The van der Waals surface area contributed by atoms with Crippen molar-refractivity contribution < 1.29 is 4.79 Å². The lowest BCUT2D eigenvalue weighted by Gasteiger charge is -2.10. The Hall–Kier alpha value is -2.88. The summed E-state index contributed by atoms with van der Waals surface area (Å²) in [6, 6.07) is 14.4. The Morgan fingerprint density at radius 2 is 2.00 bits per heavy atom. The molecule has 2 aromatic heterocycles. The van der Waals surface area contributed by atoms with Gasteiger partial charge in [-0.15, -0.1) is 11.3 Å². The Kier molecular flexibility index (Phi) is 6.50. The van der Waals surface area contributed by atoms with Crippen LogP contribution in [-0.4, -0.2) is 10.5 Å². The van der Waals surface area contributed by atoms with Crippen LogP contribution in [0.25, 0.3) is 11.8 Å². The summed E-state index contributed by atoms with van der Waals surface area (Å²) in [5.74, 6) is -0.485. The van der Waals surface area contributed by atoms with Crippen molar-refractivity contribution in [1.29, 1.82) is 10.5 Å². The second-order valence-corrected chi connectivity index (χ2v) is 10.1. The standard InChI is InChI=1S/C25H21IN4OS/c1-15-10-17(16(2)30(15)20-7-5-6-19(26)12-20)11-18(13-27)24(31)29-25-22(14-28)21-8-3-4-9-23(21)32-25/h5-7,10-12H,3-4,8-9H2,1-2H3,(H,29,31)/b18-11+. The predicted octanol–water partition coefficient (Wildman–Crippen LogP) is 6.06. The molecule has 2 heterocycles. The van der Waals surface area contributed by atoms with E-state index in [9.17, 15) is 15.3 Å². The molecule has 0 saturated heterocycles. The molecule has 1 amide bonds. The second-order valence-electron chi connectivity index (χ2n) is 7.79. The van der Waals surface area contributed by atoms with Crippen molar-refractivity contribution >= 4 is 50.9 Å². The summed E-state index contributed by atoms with van der Waals surface area (Å²) in [7, 11) is 0. The van der Waals surface area contributed by atoms with Gasteiger partial charge < -0.3 is 9.88 Å². The van der Waals surface area contributed by atoms with Crippen molar-refractivity contribution in [3.8, 4) is 17.8 Å². The van der Waals surface area contributed by atoms with E-state index in [4.69, 9.17) is 0 Å². The fourth-order valence-corrected chi connectivity index (χ4v) is 5.95. The minimum absolute atomic E-state index is 0.0168. The van der Waals surface area contributed by atoms with E-state index < -0.39 is 5.91 Å². The number of nitrogens with zero attached hydrogens (tertiary/aromatic N) is 3. The van der Waals surface area contributed by atoms with Crippen LogP contribution in [0.1, 0.15) is 45.8 Å². The van der Waals surface area contributed by atoms with E-state index in [2.05, 4.69) is 44.6 Å². The maximum Gasteiger partial charge on any atom is 0.266 e. The van der Waals surface area contributed by atoms with E-state index in [1.165, 1.54) is 16.2 Å². The first-order valence-electron chi connectivity index (χ1n) is 10.4. The van der Waals surface area contributed by atoms with E-state index in [1.54, 1.807) is 6.08 Å². The topological polar surface area (TPSA) is 81.6 Å². The van der Waals surface area contributed by atoms with Crippen molar-refractivity contribution in [3.63, 3.8) is 0 Å². The summed E-state index contributed by atoms with van der Waals surface area (Å²) in [4.78, 5) is 14.1.